The van der Waals surface area contributed by atoms with Gasteiger partial charge in [0.15, 0.2) is 5.16 Å². The first-order valence-corrected chi connectivity index (χ1v) is 11.1. The number of hydrogen-bond donors (Lipinski definition) is 2. The number of aromatic amines is 1. The number of nitrogens with zero attached hydrogens (tertiary/aromatic N) is 2. The lowest BCUT2D eigenvalue weighted by Gasteiger charge is -2.30. The van der Waals surface area contributed by atoms with Gasteiger partial charge in [0.25, 0.3) is 5.56 Å². The molecule has 0 aliphatic rings. The van der Waals surface area contributed by atoms with Gasteiger partial charge in [-0.2, -0.15) is 0 Å². The standard InChI is InChI=1S/C22H30N4O3S/c1-15(2)26(16(3)4)21(29)14-30-22-24-18(13-20(28)25-22)12-19(27)23-11-10-17-8-6-5-7-9-17/h5-9,13,15-16H,10-12,14H2,1-4H3,(H,23,27)(H,24,25,28). The number of nitrogens with one attached hydrogen (secondary N) is 2. The van der Waals surface area contributed by atoms with Crippen molar-refractivity contribution in [3.8, 4) is 0 Å². The van der Waals surface area contributed by atoms with E-state index in [-0.39, 0.29) is 41.6 Å². The zero-order valence-corrected chi connectivity index (χ0v) is 18.8. The van der Waals surface area contributed by atoms with E-state index in [4.69, 9.17) is 0 Å². The van der Waals surface area contributed by atoms with E-state index in [9.17, 15) is 14.4 Å². The summed E-state index contributed by atoms with van der Waals surface area (Å²) in [7, 11) is 0. The van der Waals surface area contributed by atoms with Crippen LogP contribution < -0.4 is 10.9 Å². The minimum atomic E-state index is -0.336. The van der Waals surface area contributed by atoms with Gasteiger partial charge in [0.05, 0.1) is 17.9 Å². The van der Waals surface area contributed by atoms with Gasteiger partial charge in [-0.3, -0.25) is 14.4 Å². The van der Waals surface area contributed by atoms with Gasteiger partial charge in [-0.1, -0.05) is 42.1 Å². The van der Waals surface area contributed by atoms with Gasteiger partial charge < -0.3 is 15.2 Å². The molecule has 0 radical (unpaired) electrons. The maximum Gasteiger partial charge on any atom is 0.251 e. The highest BCUT2D eigenvalue weighted by Crippen LogP contribution is 2.15. The number of carbonyl (C=O) groups excluding carboxylic acids is 2. The summed E-state index contributed by atoms with van der Waals surface area (Å²) in [6.07, 6.45) is 0.755. The second kappa shape index (κ2) is 11.5. The van der Waals surface area contributed by atoms with Crippen LogP contribution in [0.15, 0.2) is 46.3 Å². The molecule has 30 heavy (non-hydrogen) atoms. The van der Waals surface area contributed by atoms with Gasteiger partial charge in [-0.15, -0.1) is 0 Å². The Labute approximate surface area is 181 Å². The molecule has 0 aliphatic carbocycles. The van der Waals surface area contributed by atoms with Crippen molar-refractivity contribution in [3.63, 3.8) is 0 Å². The number of amides is 2. The molecule has 8 heteroatoms. The average molecular weight is 431 g/mol. The topological polar surface area (TPSA) is 95.2 Å². The van der Waals surface area contributed by atoms with Crippen LogP contribution >= 0.6 is 11.8 Å². The van der Waals surface area contributed by atoms with Gasteiger partial charge in [0, 0.05) is 24.7 Å². The Balaban J connectivity index is 1.90. The molecule has 1 aromatic carbocycles. The smallest absolute Gasteiger partial charge is 0.251 e. The Morgan fingerprint density at radius 3 is 2.43 bits per heavy atom. The summed E-state index contributed by atoms with van der Waals surface area (Å²) in [6.45, 7) is 8.40. The lowest BCUT2D eigenvalue weighted by atomic mass is 10.1. The summed E-state index contributed by atoms with van der Waals surface area (Å²) < 4.78 is 0. The summed E-state index contributed by atoms with van der Waals surface area (Å²) in [5.74, 6) is -0.0370. The Bertz CT molecular complexity index is 889. The zero-order valence-electron chi connectivity index (χ0n) is 18.0. The molecule has 2 N–H and O–H groups in total. The van der Waals surface area contributed by atoms with Gasteiger partial charge in [-0.05, 0) is 39.7 Å². The van der Waals surface area contributed by atoms with E-state index in [0.29, 0.717) is 17.4 Å². The third kappa shape index (κ3) is 7.67. The zero-order chi connectivity index (χ0) is 22.1. The van der Waals surface area contributed by atoms with Gasteiger partial charge in [-0.25, -0.2) is 4.98 Å². The SMILES string of the molecule is CC(C)N(C(=O)CSc1nc(CC(=O)NCCc2ccccc2)cc(=O)[nH]1)C(C)C. The number of thioether (sulfide) groups is 1. The molecule has 2 rings (SSSR count). The van der Waals surface area contributed by atoms with Gasteiger partial charge in [0.1, 0.15) is 0 Å². The van der Waals surface area contributed by atoms with E-state index in [1.807, 2.05) is 58.0 Å². The first-order chi connectivity index (χ1) is 14.3. The molecule has 1 aromatic heterocycles. The fraction of sp³-hybridized carbons (Fsp3) is 0.455. The second-order valence-electron chi connectivity index (χ2n) is 7.58. The molecule has 1 heterocycles. The van der Waals surface area contributed by atoms with Crippen LogP contribution in [0, 0.1) is 0 Å². The van der Waals surface area contributed by atoms with E-state index in [1.54, 1.807) is 4.90 Å². The number of H-pyrrole nitrogens is 1. The molecule has 7 nitrogen and oxygen atoms in total. The highest BCUT2D eigenvalue weighted by molar-refractivity contribution is 7.99. The molecule has 0 aliphatic heterocycles. The van der Waals surface area contributed by atoms with Crippen molar-refractivity contribution in [2.24, 2.45) is 0 Å². The maximum atomic E-state index is 12.5. The Morgan fingerprint density at radius 2 is 1.80 bits per heavy atom. The first kappa shape index (κ1) is 23.7. The van der Waals surface area contributed by atoms with Crippen LogP contribution in [0.3, 0.4) is 0 Å². The quantitative estimate of drug-likeness (QED) is 0.446. The molecule has 0 spiro atoms. The van der Waals surface area contributed by atoms with Crippen LogP contribution in [0.25, 0.3) is 0 Å². The largest absolute Gasteiger partial charge is 0.355 e. The lowest BCUT2D eigenvalue weighted by Crippen LogP contribution is -2.43. The van der Waals surface area contributed by atoms with Crippen LogP contribution in [0.5, 0.6) is 0 Å². The molecular weight excluding hydrogens is 400 g/mol. The van der Waals surface area contributed by atoms with E-state index in [1.165, 1.54) is 17.8 Å². The van der Waals surface area contributed by atoms with Crippen LogP contribution in [-0.2, 0) is 22.4 Å². The molecule has 0 unspecified atom stereocenters. The Morgan fingerprint density at radius 1 is 1.13 bits per heavy atom. The molecule has 162 valence electrons. The number of carbonyl (C=O) groups is 2. The Kier molecular flexibility index (Phi) is 9.11. The van der Waals surface area contributed by atoms with E-state index >= 15 is 0 Å². The van der Waals surface area contributed by atoms with Crippen LogP contribution in [0.1, 0.15) is 39.0 Å². The van der Waals surface area contributed by atoms with Crippen molar-refractivity contribution < 1.29 is 9.59 Å². The van der Waals surface area contributed by atoms with E-state index in [2.05, 4.69) is 15.3 Å². The van der Waals surface area contributed by atoms with Crippen LogP contribution in [-0.4, -0.2) is 51.1 Å². The molecule has 0 saturated heterocycles. The van der Waals surface area contributed by atoms with Crippen molar-refractivity contribution in [1.29, 1.82) is 0 Å². The van der Waals surface area contributed by atoms with Crippen molar-refractivity contribution in [1.82, 2.24) is 20.2 Å². The molecule has 0 bridgehead atoms. The highest BCUT2D eigenvalue weighted by Gasteiger charge is 2.20. The van der Waals surface area contributed by atoms with Crippen LogP contribution in [0.4, 0.5) is 0 Å². The van der Waals surface area contributed by atoms with Crippen molar-refractivity contribution >= 4 is 23.6 Å². The molecular formula is C22H30N4O3S. The normalized spacial score (nSPS) is 11.0. The minimum Gasteiger partial charge on any atom is -0.355 e. The predicted molar refractivity (Wildman–Crippen MR) is 120 cm³/mol. The maximum absolute atomic E-state index is 12.5. The molecule has 2 amide bonds. The number of rotatable bonds is 10. The molecule has 0 saturated carbocycles. The average Bonchev–Trinajstić information content (AvgIpc) is 2.66. The predicted octanol–water partition coefficient (Wildman–Crippen LogP) is 2.41. The summed E-state index contributed by atoms with van der Waals surface area (Å²) >= 11 is 1.17. The monoisotopic (exact) mass is 430 g/mol. The molecule has 0 atom stereocenters. The van der Waals surface area contributed by atoms with Crippen molar-refractivity contribution in [2.75, 3.05) is 12.3 Å². The van der Waals surface area contributed by atoms with Crippen molar-refractivity contribution in [3.05, 3.63) is 58.0 Å². The van der Waals surface area contributed by atoms with Gasteiger partial charge in [0.2, 0.25) is 11.8 Å². The number of aromatic nitrogens is 2. The van der Waals surface area contributed by atoms with Crippen molar-refractivity contribution in [2.45, 2.75) is 57.8 Å². The number of benzene rings is 1. The first-order valence-electron chi connectivity index (χ1n) is 10.1. The second-order valence-corrected chi connectivity index (χ2v) is 8.55. The Hall–Kier alpha value is -2.61. The summed E-state index contributed by atoms with van der Waals surface area (Å²) in [4.78, 5) is 45.4. The fourth-order valence-electron chi connectivity index (χ4n) is 3.24. The summed E-state index contributed by atoms with van der Waals surface area (Å²) in [6, 6.07) is 11.4. The molecule has 2 aromatic rings. The fourth-order valence-corrected chi connectivity index (χ4v) is 4.00. The highest BCUT2D eigenvalue weighted by atomic mass is 32.2. The minimum absolute atomic E-state index is 0.0169. The summed E-state index contributed by atoms with van der Waals surface area (Å²) in [5.41, 5.74) is 1.19. The van der Waals surface area contributed by atoms with Crippen LogP contribution in [0.2, 0.25) is 0 Å². The lowest BCUT2D eigenvalue weighted by molar-refractivity contribution is -0.131. The third-order valence-corrected chi connectivity index (χ3v) is 5.28. The van der Waals surface area contributed by atoms with E-state index in [0.717, 1.165) is 12.0 Å². The number of hydrogen-bond acceptors (Lipinski definition) is 5. The molecule has 0 fully saturated rings. The summed E-state index contributed by atoms with van der Waals surface area (Å²) in [5, 5.41) is 3.19. The van der Waals surface area contributed by atoms with Gasteiger partial charge >= 0.3 is 0 Å². The van der Waals surface area contributed by atoms with E-state index < -0.39 is 0 Å². The third-order valence-electron chi connectivity index (χ3n) is 4.43.